The van der Waals surface area contributed by atoms with Crippen LogP contribution in [-0.2, 0) is 4.79 Å². The fourth-order valence-corrected chi connectivity index (χ4v) is 3.39. The third-order valence-electron chi connectivity index (χ3n) is 3.63. The molecule has 0 aromatic carbocycles. The van der Waals surface area contributed by atoms with E-state index in [1.54, 1.807) is 24.5 Å². The maximum absolute atomic E-state index is 12.3. The number of hydrogen-bond donors (Lipinski definition) is 1. The predicted molar refractivity (Wildman–Crippen MR) is 75.9 cm³/mol. The molecule has 106 valence electrons. The average Bonchev–Trinajstić information content (AvgIpc) is 3.05. The number of hydrogen-bond acceptors (Lipinski definition) is 4. The van der Waals surface area contributed by atoms with Crippen molar-refractivity contribution in [3.05, 3.63) is 29.1 Å². The fraction of sp³-hybridized carbons (Fsp3) is 0.429. The minimum atomic E-state index is -0.200. The molecule has 20 heavy (non-hydrogen) atoms. The Bertz CT molecular complexity index is 533. The molecule has 5 nitrogen and oxygen atoms in total. The molecular formula is C14H17N2O3S+. The number of furan rings is 1. The second-order valence-electron chi connectivity index (χ2n) is 5.09. The van der Waals surface area contributed by atoms with Gasteiger partial charge in [-0.15, -0.1) is 0 Å². The lowest BCUT2D eigenvalue weighted by Crippen LogP contribution is -3.14. The Balaban J connectivity index is 1.70. The van der Waals surface area contributed by atoms with Crippen LogP contribution in [0, 0.1) is 0 Å². The van der Waals surface area contributed by atoms with E-state index in [-0.39, 0.29) is 11.1 Å². The highest BCUT2D eigenvalue weighted by molar-refractivity contribution is 8.18. The number of quaternary nitrogens is 1. The molecule has 6 heteroatoms. The van der Waals surface area contributed by atoms with Crippen molar-refractivity contribution in [1.29, 1.82) is 0 Å². The first-order chi connectivity index (χ1) is 9.74. The molecule has 1 aromatic heterocycles. The summed E-state index contributed by atoms with van der Waals surface area (Å²) in [6, 6.07) is 3.53. The maximum Gasteiger partial charge on any atom is 0.298 e. The third kappa shape index (κ3) is 2.81. The number of rotatable bonds is 3. The van der Waals surface area contributed by atoms with E-state index < -0.39 is 0 Å². The van der Waals surface area contributed by atoms with Crippen LogP contribution in [0.15, 0.2) is 27.7 Å². The zero-order valence-corrected chi connectivity index (χ0v) is 11.9. The Hall–Kier alpha value is -1.53. The summed E-state index contributed by atoms with van der Waals surface area (Å²) in [7, 11) is 0. The topological polar surface area (TPSA) is 55.0 Å². The van der Waals surface area contributed by atoms with Crippen LogP contribution in [-0.4, -0.2) is 35.8 Å². The standard InChI is InChI=1S/C14H16N2O3S/c17-13-12(9-11-5-4-8-19-11)20-14(18)16(13)10-15-6-2-1-3-7-15/h4-5,8-9H,1-3,6-7,10H2/p+1. The number of piperidine rings is 1. The van der Waals surface area contributed by atoms with Gasteiger partial charge in [0.1, 0.15) is 5.76 Å². The van der Waals surface area contributed by atoms with E-state index in [4.69, 9.17) is 4.42 Å². The number of nitrogens with one attached hydrogen (secondary N) is 1. The number of imide groups is 1. The summed E-state index contributed by atoms with van der Waals surface area (Å²) >= 11 is 0.994. The van der Waals surface area contributed by atoms with Gasteiger partial charge >= 0.3 is 0 Å². The maximum atomic E-state index is 12.3. The lowest BCUT2D eigenvalue weighted by atomic mass is 10.1. The molecule has 0 saturated carbocycles. The molecule has 2 amide bonds. The van der Waals surface area contributed by atoms with E-state index in [1.807, 2.05) is 0 Å². The van der Waals surface area contributed by atoms with Crippen molar-refractivity contribution in [2.75, 3.05) is 19.8 Å². The Morgan fingerprint density at radius 2 is 2.10 bits per heavy atom. The summed E-state index contributed by atoms with van der Waals surface area (Å²) in [5.74, 6) is 0.398. The van der Waals surface area contributed by atoms with E-state index in [1.165, 1.54) is 29.1 Å². The van der Waals surface area contributed by atoms with Crippen molar-refractivity contribution in [3.8, 4) is 0 Å². The van der Waals surface area contributed by atoms with Crippen molar-refractivity contribution >= 4 is 29.0 Å². The summed E-state index contributed by atoms with van der Waals surface area (Å²) in [6.45, 7) is 2.57. The van der Waals surface area contributed by atoms with Crippen LogP contribution in [0.25, 0.3) is 6.08 Å². The molecule has 3 rings (SSSR count). The molecule has 1 aromatic rings. The van der Waals surface area contributed by atoms with E-state index >= 15 is 0 Å². The van der Waals surface area contributed by atoms with Crippen LogP contribution >= 0.6 is 11.8 Å². The lowest BCUT2D eigenvalue weighted by molar-refractivity contribution is -0.912. The van der Waals surface area contributed by atoms with Crippen LogP contribution in [0.1, 0.15) is 25.0 Å². The molecule has 0 spiro atoms. The third-order valence-corrected chi connectivity index (χ3v) is 4.54. The van der Waals surface area contributed by atoms with Crippen LogP contribution in [0.2, 0.25) is 0 Å². The molecule has 0 aliphatic carbocycles. The molecule has 0 atom stereocenters. The number of amides is 2. The Labute approximate surface area is 121 Å². The zero-order chi connectivity index (χ0) is 13.9. The van der Waals surface area contributed by atoms with Gasteiger partial charge in [-0.25, -0.2) is 4.90 Å². The second-order valence-corrected chi connectivity index (χ2v) is 6.09. The van der Waals surface area contributed by atoms with Gasteiger partial charge < -0.3 is 9.32 Å². The lowest BCUT2D eigenvalue weighted by Gasteiger charge is -2.26. The van der Waals surface area contributed by atoms with Crippen LogP contribution in [0.5, 0.6) is 0 Å². The zero-order valence-electron chi connectivity index (χ0n) is 11.1. The first kappa shape index (κ1) is 13.5. The monoisotopic (exact) mass is 293 g/mol. The summed E-state index contributed by atoms with van der Waals surface area (Å²) in [5.41, 5.74) is 0. The Kier molecular flexibility index (Phi) is 3.93. The normalized spacial score (nSPS) is 23.0. The Morgan fingerprint density at radius 1 is 1.30 bits per heavy atom. The second kappa shape index (κ2) is 5.85. The molecular weight excluding hydrogens is 276 g/mol. The first-order valence-electron chi connectivity index (χ1n) is 6.86. The smallest absolute Gasteiger partial charge is 0.298 e. The Morgan fingerprint density at radius 3 is 2.80 bits per heavy atom. The van der Waals surface area contributed by atoms with Gasteiger partial charge in [0.25, 0.3) is 11.1 Å². The average molecular weight is 293 g/mol. The molecule has 0 bridgehead atoms. The molecule has 2 fully saturated rings. The number of nitrogens with zero attached hydrogens (tertiary/aromatic N) is 1. The number of likely N-dealkylation sites (tertiary alicyclic amines) is 1. The molecule has 2 saturated heterocycles. The predicted octanol–water partition coefficient (Wildman–Crippen LogP) is 1.34. The van der Waals surface area contributed by atoms with E-state index in [2.05, 4.69) is 0 Å². The highest BCUT2D eigenvalue weighted by Gasteiger charge is 2.37. The van der Waals surface area contributed by atoms with E-state index in [0.29, 0.717) is 17.3 Å². The van der Waals surface area contributed by atoms with Gasteiger partial charge in [0, 0.05) is 6.08 Å². The SMILES string of the molecule is O=C1SC(=Cc2ccco2)C(=O)N1C[NH+]1CCCCC1. The summed E-state index contributed by atoms with van der Waals surface area (Å²) < 4.78 is 5.19. The molecule has 0 unspecified atom stereocenters. The van der Waals surface area contributed by atoms with Gasteiger partial charge in [0.2, 0.25) is 0 Å². The van der Waals surface area contributed by atoms with Crippen molar-refractivity contribution in [1.82, 2.24) is 4.90 Å². The molecule has 0 radical (unpaired) electrons. The van der Waals surface area contributed by atoms with Crippen molar-refractivity contribution in [3.63, 3.8) is 0 Å². The fourth-order valence-electron chi connectivity index (χ4n) is 2.57. The summed E-state index contributed by atoms with van der Waals surface area (Å²) in [4.78, 5) is 27.4. The first-order valence-corrected chi connectivity index (χ1v) is 7.68. The van der Waals surface area contributed by atoms with Gasteiger partial charge in [-0.1, -0.05) is 0 Å². The summed E-state index contributed by atoms with van der Waals surface area (Å²) in [6.07, 6.45) is 6.79. The number of carbonyl (C=O) groups excluding carboxylic acids is 2. The molecule has 2 aliphatic rings. The highest BCUT2D eigenvalue weighted by Crippen LogP contribution is 2.31. The number of carbonyl (C=O) groups is 2. The quantitative estimate of drug-likeness (QED) is 0.855. The van der Waals surface area contributed by atoms with Crippen LogP contribution in [0.3, 0.4) is 0 Å². The van der Waals surface area contributed by atoms with Crippen molar-refractivity contribution < 1.29 is 18.9 Å². The summed E-state index contributed by atoms with van der Waals surface area (Å²) in [5, 5.41) is -0.175. The number of thioether (sulfide) groups is 1. The minimum absolute atomic E-state index is 0.175. The van der Waals surface area contributed by atoms with E-state index in [0.717, 1.165) is 24.9 Å². The minimum Gasteiger partial charge on any atom is -0.465 e. The van der Waals surface area contributed by atoms with Gasteiger partial charge in [0.05, 0.1) is 24.3 Å². The van der Waals surface area contributed by atoms with Crippen molar-refractivity contribution in [2.45, 2.75) is 19.3 Å². The van der Waals surface area contributed by atoms with Crippen molar-refractivity contribution in [2.24, 2.45) is 0 Å². The highest BCUT2D eigenvalue weighted by atomic mass is 32.2. The van der Waals surface area contributed by atoms with Gasteiger partial charge in [-0.05, 0) is 43.2 Å². The van der Waals surface area contributed by atoms with Crippen LogP contribution < -0.4 is 4.90 Å². The molecule has 2 aliphatic heterocycles. The molecule has 1 N–H and O–H groups in total. The van der Waals surface area contributed by atoms with Gasteiger partial charge in [-0.3, -0.25) is 9.59 Å². The van der Waals surface area contributed by atoms with Gasteiger partial charge in [-0.2, -0.15) is 0 Å². The van der Waals surface area contributed by atoms with Crippen LogP contribution in [0.4, 0.5) is 4.79 Å². The van der Waals surface area contributed by atoms with E-state index in [9.17, 15) is 9.59 Å². The molecule has 3 heterocycles. The van der Waals surface area contributed by atoms with Gasteiger partial charge in [0.15, 0.2) is 6.67 Å². The largest absolute Gasteiger partial charge is 0.465 e.